The van der Waals surface area contributed by atoms with E-state index in [0.717, 1.165) is 43.7 Å². The first-order valence-corrected chi connectivity index (χ1v) is 10.8. The number of hydrogen-bond acceptors (Lipinski definition) is 5. The molecule has 1 aromatic carbocycles. The first-order chi connectivity index (χ1) is 15.1. The third kappa shape index (κ3) is 3.73. The lowest BCUT2D eigenvalue weighted by Gasteiger charge is -2.43. The van der Waals surface area contributed by atoms with Gasteiger partial charge >= 0.3 is 0 Å². The molecule has 0 bridgehead atoms. The summed E-state index contributed by atoms with van der Waals surface area (Å²) in [4.78, 5) is 24.8. The maximum atomic E-state index is 12.4. The van der Waals surface area contributed by atoms with Crippen LogP contribution in [0.25, 0.3) is 16.5 Å². The van der Waals surface area contributed by atoms with Crippen LogP contribution in [0.5, 0.6) is 0 Å². The number of nitriles is 1. The van der Waals surface area contributed by atoms with Crippen molar-refractivity contribution in [3.8, 4) is 6.07 Å². The van der Waals surface area contributed by atoms with Crippen molar-refractivity contribution in [1.29, 1.82) is 5.26 Å². The van der Waals surface area contributed by atoms with Gasteiger partial charge in [0.25, 0.3) is 5.56 Å². The summed E-state index contributed by atoms with van der Waals surface area (Å²) in [5.41, 5.74) is 4.64. The third-order valence-electron chi connectivity index (χ3n) is 6.53. The fourth-order valence-electron chi connectivity index (χ4n) is 4.89. The Morgan fingerprint density at radius 3 is 2.81 bits per heavy atom. The Labute approximate surface area is 181 Å². The summed E-state index contributed by atoms with van der Waals surface area (Å²) in [7, 11) is 0. The number of allylic oxidation sites excluding steroid dienone is 1. The zero-order valence-corrected chi connectivity index (χ0v) is 17.6. The summed E-state index contributed by atoms with van der Waals surface area (Å²) in [6.07, 6.45) is 6.08. The van der Waals surface area contributed by atoms with Crippen LogP contribution >= 0.6 is 0 Å². The van der Waals surface area contributed by atoms with E-state index >= 15 is 0 Å². The van der Waals surface area contributed by atoms with Gasteiger partial charge in [0.1, 0.15) is 0 Å². The van der Waals surface area contributed by atoms with E-state index in [0.29, 0.717) is 23.0 Å². The smallest absolute Gasteiger partial charge is 0.257 e. The molecule has 6 nitrogen and oxygen atoms in total. The molecule has 0 amide bonds. The molecular weight excluding hydrogens is 386 g/mol. The zero-order chi connectivity index (χ0) is 21.4. The SMILES string of the molecule is C[C@@H]1CN(c2ccc(C#N)cc2)CCN1[C@@H]1C=C(c2cc3ncccc3c(=O)[nH]2)CC1. The molecule has 156 valence electrons. The molecule has 0 unspecified atom stereocenters. The first-order valence-electron chi connectivity index (χ1n) is 10.8. The molecule has 3 heterocycles. The molecule has 1 fully saturated rings. The highest BCUT2D eigenvalue weighted by atomic mass is 16.1. The second-order valence-corrected chi connectivity index (χ2v) is 8.44. The maximum Gasteiger partial charge on any atom is 0.257 e. The molecule has 3 aromatic rings. The molecule has 2 aliphatic rings. The second-order valence-electron chi connectivity index (χ2n) is 8.44. The van der Waals surface area contributed by atoms with Crippen molar-refractivity contribution < 1.29 is 0 Å². The number of hydrogen-bond donors (Lipinski definition) is 1. The average molecular weight is 412 g/mol. The number of aromatic amines is 1. The summed E-state index contributed by atoms with van der Waals surface area (Å²) in [5, 5.41) is 9.64. The van der Waals surface area contributed by atoms with Crippen molar-refractivity contribution in [1.82, 2.24) is 14.9 Å². The first kappa shape index (κ1) is 19.5. The zero-order valence-electron chi connectivity index (χ0n) is 17.6. The molecule has 0 saturated carbocycles. The van der Waals surface area contributed by atoms with Crippen LogP contribution < -0.4 is 10.5 Å². The van der Waals surface area contributed by atoms with Gasteiger partial charge in [-0.25, -0.2) is 0 Å². The minimum absolute atomic E-state index is 0.0747. The number of aromatic nitrogens is 2. The van der Waals surface area contributed by atoms with Crippen LogP contribution in [0, 0.1) is 11.3 Å². The lowest BCUT2D eigenvalue weighted by Crippen LogP contribution is -2.54. The van der Waals surface area contributed by atoms with Crippen molar-refractivity contribution in [3.05, 3.63) is 76.3 Å². The number of nitrogens with one attached hydrogen (secondary N) is 1. The summed E-state index contributed by atoms with van der Waals surface area (Å²) >= 11 is 0. The van der Waals surface area contributed by atoms with Crippen molar-refractivity contribution in [2.75, 3.05) is 24.5 Å². The Balaban J connectivity index is 1.32. The molecule has 2 aromatic heterocycles. The predicted molar refractivity (Wildman–Crippen MR) is 123 cm³/mol. The van der Waals surface area contributed by atoms with Crippen molar-refractivity contribution in [2.45, 2.75) is 31.8 Å². The standard InChI is InChI=1S/C25H25N5O/c1-17-16-29(20-7-4-18(15-26)5-8-20)11-12-30(17)21-9-6-19(13-21)23-14-24-22(25(31)28-23)3-2-10-27-24/h2-5,7-8,10,13-14,17,21H,6,9,11-12,16H2,1H3,(H,28,31)/t17-,21+/m1/s1. The van der Waals surface area contributed by atoms with Gasteiger partial charge in [0.15, 0.2) is 0 Å². The Bertz CT molecular complexity index is 1240. The maximum absolute atomic E-state index is 12.4. The Morgan fingerprint density at radius 2 is 2.03 bits per heavy atom. The highest BCUT2D eigenvalue weighted by Gasteiger charge is 2.31. The van der Waals surface area contributed by atoms with E-state index in [1.165, 1.54) is 11.3 Å². The molecule has 1 N–H and O–H groups in total. The molecule has 5 rings (SSSR count). The van der Waals surface area contributed by atoms with Crippen molar-refractivity contribution in [3.63, 3.8) is 0 Å². The fourth-order valence-corrected chi connectivity index (χ4v) is 4.89. The van der Waals surface area contributed by atoms with Gasteiger partial charge in [-0.2, -0.15) is 5.26 Å². The molecule has 0 spiro atoms. The van der Waals surface area contributed by atoms with E-state index in [1.807, 2.05) is 36.4 Å². The molecule has 1 aliphatic carbocycles. The van der Waals surface area contributed by atoms with E-state index in [-0.39, 0.29) is 5.56 Å². The van der Waals surface area contributed by atoms with Crippen molar-refractivity contribution in [2.24, 2.45) is 0 Å². The molecule has 6 heteroatoms. The lowest BCUT2D eigenvalue weighted by molar-refractivity contribution is 0.153. The van der Waals surface area contributed by atoms with Gasteiger partial charge in [-0.3, -0.25) is 14.7 Å². The molecule has 1 aliphatic heterocycles. The highest BCUT2D eigenvalue weighted by molar-refractivity contribution is 5.81. The number of fused-ring (bicyclic) bond motifs is 1. The number of pyridine rings is 2. The topological polar surface area (TPSA) is 76.0 Å². The van der Waals surface area contributed by atoms with Gasteiger partial charge in [0, 0.05) is 49.3 Å². The Kier molecular flexibility index (Phi) is 5.05. The molecule has 0 radical (unpaired) electrons. The Morgan fingerprint density at radius 1 is 1.19 bits per heavy atom. The van der Waals surface area contributed by atoms with Crippen LogP contribution in [0.1, 0.15) is 31.0 Å². The molecule has 1 saturated heterocycles. The fraction of sp³-hybridized carbons (Fsp3) is 0.320. The van der Waals surface area contributed by atoms with E-state index < -0.39 is 0 Å². The monoisotopic (exact) mass is 411 g/mol. The van der Waals surface area contributed by atoms with Crippen LogP contribution in [-0.2, 0) is 0 Å². The number of piperazine rings is 1. The number of anilines is 1. The van der Waals surface area contributed by atoms with E-state index in [9.17, 15) is 4.79 Å². The Hall–Kier alpha value is -3.43. The quantitative estimate of drug-likeness (QED) is 0.713. The third-order valence-corrected chi connectivity index (χ3v) is 6.53. The van der Waals surface area contributed by atoms with E-state index in [1.54, 1.807) is 12.3 Å². The summed E-state index contributed by atoms with van der Waals surface area (Å²) in [5.74, 6) is 0. The predicted octanol–water partition coefficient (Wildman–Crippen LogP) is 3.55. The minimum Gasteiger partial charge on any atom is -0.369 e. The van der Waals surface area contributed by atoms with Crippen LogP contribution in [0.3, 0.4) is 0 Å². The van der Waals surface area contributed by atoms with E-state index in [2.05, 4.69) is 38.8 Å². The van der Waals surface area contributed by atoms with Crippen LogP contribution in [0.4, 0.5) is 5.69 Å². The van der Waals surface area contributed by atoms with E-state index in [4.69, 9.17) is 5.26 Å². The second kappa shape index (κ2) is 8.01. The molecule has 31 heavy (non-hydrogen) atoms. The van der Waals surface area contributed by atoms with Gasteiger partial charge in [0.2, 0.25) is 0 Å². The molecular formula is C25H25N5O. The van der Waals surface area contributed by atoms with Crippen molar-refractivity contribution >= 4 is 22.2 Å². The normalized spacial score (nSPS) is 21.8. The van der Waals surface area contributed by atoms with Gasteiger partial charge in [-0.1, -0.05) is 6.08 Å². The minimum atomic E-state index is -0.0747. The van der Waals surface area contributed by atoms with Gasteiger partial charge in [-0.15, -0.1) is 0 Å². The van der Waals surface area contributed by atoms with Gasteiger partial charge < -0.3 is 9.88 Å². The highest BCUT2D eigenvalue weighted by Crippen LogP contribution is 2.32. The van der Waals surface area contributed by atoms with Gasteiger partial charge in [-0.05, 0) is 67.8 Å². The van der Waals surface area contributed by atoms with Crippen LogP contribution in [-0.4, -0.2) is 46.6 Å². The summed E-state index contributed by atoms with van der Waals surface area (Å²) < 4.78 is 0. The summed E-state index contributed by atoms with van der Waals surface area (Å²) in [6.45, 7) is 5.20. The average Bonchev–Trinajstić information content (AvgIpc) is 3.29. The number of rotatable bonds is 3. The van der Waals surface area contributed by atoms with Crippen LogP contribution in [0.2, 0.25) is 0 Å². The van der Waals surface area contributed by atoms with Gasteiger partial charge in [0.05, 0.1) is 22.5 Å². The number of benzene rings is 1. The number of nitrogens with zero attached hydrogens (tertiary/aromatic N) is 4. The van der Waals surface area contributed by atoms with Crippen LogP contribution in [0.15, 0.2) is 59.5 Å². The lowest BCUT2D eigenvalue weighted by atomic mass is 10.1. The largest absolute Gasteiger partial charge is 0.369 e. The molecule has 2 atom stereocenters. The number of H-pyrrole nitrogens is 1. The summed E-state index contributed by atoms with van der Waals surface area (Å²) in [6, 6.07) is 16.4.